The number of halogens is 2. The van der Waals surface area contributed by atoms with E-state index in [1.165, 1.54) is 0 Å². The molecule has 0 unspecified atom stereocenters. The zero-order chi connectivity index (χ0) is 7.78. The lowest BCUT2D eigenvalue weighted by atomic mass is 10.2. The van der Waals surface area contributed by atoms with Gasteiger partial charge in [0.2, 0.25) is 0 Å². The van der Waals surface area contributed by atoms with Gasteiger partial charge in [-0.1, -0.05) is 0 Å². The highest BCUT2D eigenvalue weighted by Gasteiger charge is 2.50. The van der Waals surface area contributed by atoms with Crippen molar-refractivity contribution in [1.29, 1.82) is 0 Å². The van der Waals surface area contributed by atoms with Crippen molar-refractivity contribution < 1.29 is 9.90 Å². The fraction of sp³-hybridized carbons (Fsp3) is 0.833. The Kier molecular flexibility index (Phi) is 2.11. The maximum atomic E-state index is 10.1. The molecule has 1 atom stereocenters. The van der Waals surface area contributed by atoms with Crippen molar-refractivity contribution in [3.8, 4) is 0 Å². The summed E-state index contributed by atoms with van der Waals surface area (Å²) in [6.45, 7) is 0. The van der Waals surface area contributed by atoms with Gasteiger partial charge in [0, 0.05) is 6.42 Å². The molecule has 1 aliphatic rings. The molecule has 0 aliphatic heterocycles. The lowest BCUT2D eigenvalue weighted by Crippen LogP contribution is -1.97. The van der Waals surface area contributed by atoms with Crippen molar-refractivity contribution in [2.75, 3.05) is 0 Å². The van der Waals surface area contributed by atoms with Crippen LogP contribution in [0.5, 0.6) is 0 Å². The highest BCUT2D eigenvalue weighted by Crippen LogP contribution is 2.55. The standard InChI is InChI=1S/C6H8Cl2O2/c7-6(8)3-4(6)1-2-5(9)10/h4H,1-3H2,(H,9,10)/t4-/m0/s1. The third-order valence-electron chi connectivity index (χ3n) is 1.66. The number of rotatable bonds is 3. The third kappa shape index (κ3) is 2.03. The fourth-order valence-corrected chi connectivity index (χ4v) is 1.47. The number of alkyl halides is 2. The van der Waals surface area contributed by atoms with Crippen LogP contribution in [0.1, 0.15) is 19.3 Å². The summed E-state index contributed by atoms with van der Waals surface area (Å²) < 4.78 is -0.616. The summed E-state index contributed by atoms with van der Waals surface area (Å²) in [5.74, 6) is -0.581. The molecule has 1 aliphatic carbocycles. The molecule has 1 N–H and O–H groups in total. The first-order chi connectivity index (χ1) is 4.52. The van der Waals surface area contributed by atoms with Gasteiger partial charge in [0.1, 0.15) is 4.33 Å². The second kappa shape index (κ2) is 2.59. The lowest BCUT2D eigenvalue weighted by molar-refractivity contribution is -0.137. The first-order valence-electron chi connectivity index (χ1n) is 3.12. The Morgan fingerprint density at radius 2 is 2.20 bits per heavy atom. The number of carboxylic acids is 1. The van der Waals surface area contributed by atoms with Gasteiger partial charge < -0.3 is 5.11 Å². The summed E-state index contributed by atoms with van der Waals surface area (Å²) in [6.07, 6.45) is 1.51. The zero-order valence-corrected chi connectivity index (χ0v) is 6.82. The summed E-state index contributed by atoms with van der Waals surface area (Å²) in [6, 6.07) is 0. The lowest BCUT2D eigenvalue weighted by Gasteiger charge is -1.95. The van der Waals surface area contributed by atoms with E-state index in [4.69, 9.17) is 28.3 Å². The number of carbonyl (C=O) groups is 1. The Labute approximate surface area is 69.1 Å². The van der Waals surface area contributed by atoms with Crippen LogP contribution in [0.3, 0.4) is 0 Å². The molecule has 0 radical (unpaired) electrons. The predicted octanol–water partition coefficient (Wildman–Crippen LogP) is 2.04. The van der Waals surface area contributed by atoms with Gasteiger partial charge in [-0.05, 0) is 18.8 Å². The Morgan fingerprint density at radius 1 is 1.70 bits per heavy atom. The van der Waals surface area contributed by atoms with Crippen molar-refractivity contribution in [2.45, 2.75) is 23.6 Å². The van der Waals surface area contributed by atoms with Crippen LogP contribution < -0.4 is 0 Å². The number of hydrogen-bond acceptors (Lipinski definition) is 1. The van der Waals surface area contributed by atoms with E-state index in [-0.39, 0.29) is 12.3 Å². The molecule has 2 nitrogen and oxygen atoms in total. The van der Waals surface area contributed by atoms with Gasteiger partial charge in [-0.2, -0.15) is 0 Å². The van der Waals surface area contributed by atoms with E-state index in [9.17, 15) is 4.79 Å². The van der Waals surface area contributed by atoms with E-state index in [1.54, 1.807) is 0 Å². The molecular formula is C6H8Cl2O2. The van der Waals surface area contributed by atoms with Crippen LogP contribution >= 0.6 is 23.2 Å². The molecular weight excluding hydrogens is 175 g/mol. The van der Waals surface area contributed by atoms with E-state index >= 15 is 0 Å². The molecule has 0 heterocycles. The highest BCUT2D eigenvalue weighted by atomic mass is 35.5. The van der Waals surface area contributed by atoms with Crippen molar-refractivity contribution in [3.63, 3.8) is 0 Å². The maximum absolute atomic E-state index is 10.1. The van der Waals surface area contributed by atoms with Gasteiger partial charge in [-0.3, -0.25) is 4.79 Å². The molecule has 0 aromatic rings. The van der Waals surface area contributed by atoms with Crippen LogP contribution in [-0.2, 0) is 4.79 Å². The molecule has 0 bridgehead atoms. The maximum Gasteiger partial charge on any atom is 0.303 e. The number of hydrogen-bond donors (Lipinski definition) is 1. The average Bonchev–Trinajstić information content (AvgIpc) is 2.35. The third-order valence-corrected chi connectivity index (χ3v) is 2.59. The van der Waals surface area contributed by atoms with E-state index < -0.39 is 10.3 Å². The molecule has 0 aromatic carbocycles. The largest absolute Gasteiger partial charge is 0.481 e. The topological polar surface area (TPSA) is 37.3 Å². The van der Waals surface area contributed by atoms with Crippen LogP contribution in [0, 0.1) is 5.92 Å². The van der Waals surface area contributed by atoms with E-state index in [2.05, 4.69) is 0 Å². The van der Waals surface area contributed by atoms with Gasteiger partial charge in [-0.15, -0.1) is 23.2 Å². The second-order valence-electron chi connectivity index (χ2n) is 2.59. The molecule has 1 fully saturated rings. The van der Waals surface area contributed by atoms with Crippen LogP contribution in [-0.4, -0.2) is 15.4 Å². The molecule has 0 saturated heterocycles. The summed E-state index contributed by atoms with van der Waals surface area (Å²) >= 11 is 11.3. The minimum absolute atomic E-state index is 0.172. The van der Waals surface area contributed by atoms with Gasteiger partial charge in [0.15, 0.2) is 0 Å². The predicted molar refractivity (Wildman–Crippen MR) is 39.4 cm³/mol. The summed E-state index contributed by atoms with van der Waals surface area (Å²) in [5.41, 5.74) is 0. The number of aliphatic carboxylic acids is 1. The first kappa shape index (κ1) is 8.15. The highest BCUT2D eigenvalue weighted by molar-refractivity contribution is 6.50. The Hall–Kier alpha value is 0.0500. The average molecular weight is 183 g/mol. The van der Waals surface area contributed by atoms with Crippen LogP contribution in [0.4, 0.5) is 0 Å². The van der Waals surface area contributed by atoms with Crippen LogP contribution in [0.15, 0.2) is 0 Å². The minimum Gasteiger partial charge on any atom is -0.481 e. The Balaban J connectivity index is 2.13. The molecule has 0 aromatic heterocycles. The SMILES string of the molecule is O=C(O)CC[C@H]1CC1(Cl)Cl. The van der Waals surface area contributed by atoms with Crippen LogP contribution in [0.2, 0.25) is 0 Å². The molecule has 1 saturated carbocycles. The van der Waals surface area contributed by atoms with Crippen molar-refractivity contribution in [2.24, 2.45) is 5.92 Å². The quantitative estimate of drug-likeness (QED) is 0.679. The Morgan fingerprint density at radius 3 is 2.50 bits per heavy atom. The van der Waals surface area contributed by atoms with E-state index in [0.717, 1.165) is 6.42 Å². The summed E-state index contributed by atoms with van der Waals surface area (Å²) in [5, 5.41) is 8.27. The van der Waals surface area contributed by atoms with Crippen molar-refractivity contribution >= 4 is 29.2 Å². The van der Waals surface area contributed by atoms with E-state index in [1.807, 2.05) is 0 Å². The zero-order valence-electron chi connectivity index (χ0n) is 5.31. The molecule has 1 rings (SSSR count). The van der Waals surface area contributed by atoms with Gasteiger partial charge in [-0.25, -0.2) is 0 Å². The van der Waals surface area contributed by atoms with E-state index in [0.29, 0.717) is 6.42 Å². The normalized spacial score (nSPS) is 28.0. The molecule has 58 valence electrons. The summed E-state index contributed by atoms with van der Waals surface area (Å²) in [4.78, 5) is 10.1. The summed E-state index contributed by atoms with van der Waals surface area (Å²) in [7, 11) is 0. The fourth-order valence-electron chi connectivity index (χ4n) is 0.881. The molecule has 4 heteroatoms. The smallest absolute Gasteiger partial charge is 0.303 e. The molecule has 10 heavy (non-hydrogen) atoms. The first-order valence-corrected chi connectivity index (χ1v) is 3.87. The number of carboxylic acid groups (broad SMARTS) is 1. The minimum atomic E-state index is -0.781. The molecule has 0 amide bonds. The molecule has 0 spiro atoms. The second-order valence-corrected chi connectivity index (χ2v) is 4.14. The van der Waals surface area contributed by atoms with Gasteiger partial charge in [0.05, 0.1) is 0 Å². The van der Waals surface area contributed by atoms with Gasteiger partial charge in [0.25, 0.3) is 0 Å². The monoisotopic (exact) mass is 182 g/mol. The van der Waals surface area contributed by atoms with Gasteiger partial charge >= 0.3 is 5.97 Å². The Bertz CT molecular complexity index is 156. The van der Waals surface area contributed by atoms with Crippen LogP contribution in [0.25, 0.3) is 0 Å². The van der Waals surface area contributed by atoms with Crippen molar-refractivity contribution in [1.82, 2.24) is 0 Å². The van der Waals surface area contributed by atoms with Crippen molar-refractivity contribution in [3.05, 3.63) is 0 Å².